The van der Waals surface area contributed by atoms with Gasteiger partial charge >= 0.3 is 52.5 Å². The standard InChI is InChI=1S/Al.In.Li.H3O4P.7H/c;;;1-5(2,3)4;;;;;;;/h;;;(H3,1,2,3,4);;;;;;;. The normalized spacial score (nSPS) is 7.38. The molecule has 0 aromatic carbocycles. The molecule has 8 heavy (non-hydrogen) atoms. The van der Waals surface area contributed by atoms with Crippen LogP contribution in [0, 0.1) is 0 Å². The van der Waals surface area contributed by atoms with E-state index in [9.17, 15) is 0 Å². The fourth-order valence-electron chi connectivity index (χ4n) is 0. The Bertz CT molecular complexity index is 62.2. The molecule has 0 radical (unpaired) electrons. The molecule has 4 nitrogen and oxygen atoms in total. The number of hydrogen-bond donors (Lipinski definition) is 3. The van der Waals surface area contributed by atoms with Crippen molar-refractivity contribution < 1.29 is 19.2 Å². The predicted molar refractivity (Wildman–Crippen MR) is 41.3 cm³/mol. The molecule has 0 bridgehead atoms. The molecule has 0 spiro atoms. The summed E-state index contributed by atoms with van der Waals surface area (Å²) in [7, 11) is -4.64. The van der Waals surface area contributed by atoms with Crippen molar-refractivity contribution in [3.8, 4) is 0 Å². The van der Waals surface area contributed by atoms with Crippen LogP contribution < -0.4 is 0 Å². The van der Waals surface area contributed by atoms with Crippen LogP contribution in [0.5, 0.6) is 0 Å². The fourth-order valence-corrected chi connectivity index (χ4v) is 0. The molecule has 0 saturated carbocycles. The summed E-state index contributed by atoms with van der Waals surface area (Å²) in [6, 6.07) is 0. The molecule has 46 valence electrons. The van der Waals surface area contributed by atoms with E-state index < -0.39 is 7.82 Å². The second kappa shape index (κ2) is 9.11. The molecular weight excluding hydrogens is 244 g/mol. The first kappa shape index (κ1) is 22.5. The van der Waals surface area contributed by atoms with Gasteiger partial charge in [0.2, 0.25) is 0 Å². The zero-order valence-corrected chi connectivity index (χ0v) is 3.09. The van der Waals surface area contributed by atoms with Crippen LogP contribution in [-0.2, 0) is 4.57 Å². The van der Waals surface area contributed by atoms with Gasteiger partial charge in [-0.1, -0.05) is 0 Å². The molecule has 3 N–H and O–H groups in total. The maximum absolute atomic E-state index is 8.88. The first-order chi connectivity index (χ1) is 2.00. The van der Waals surface area contributed by atoms with Gasteiger partial charge in [-0.3, -0.25) is 0 Å². The zero-order chi connectivity index (χ0) is 4.50. The average molecular weight is 254 g/mol. The summed E-state index contributed by atoms with van der Waals surface area (Å²) < 4.78 is 8.88. The van der Waals surface area contributed by atoms with Crippen molar-refractivity contribution >= 4 is 69.9 Å². The summed E-state index contributed by atoms with van der Waals surface area (Å²) in [5.74, 6) is 0. The topological polar surface area (TPSA) is 77.8 Å². The van der Waals surface area contributed by atoms with E-state index >= 15 is 0 Å². The van der Waals surface area contributed by atoms with E-state index in [0.29, 0.717) is 0 Å². The van der Waals surface area contributed by atoms with Crippen LogP contribution in [0.1, 0.15) is 0 Å². The minimum absolute atomic E-state index is 0. The van der Waals surface area contributed by atoms with Gasteiger partial charge in [0.25, 0.3) is 0 Å². The maximum atomic E-state index is 8.88. The Morgan fingerprint density at radius 1 is 1.12 bits per heavy atom. The van der Waals surface area contributed by atoms with Gasteiger partial charge in [0, 0.05) is 0 Å². The second-order valence-electron chi connectivity index (χ2n) is 0.513. The Kier molecular flexibility index (Phi) is 25.6. The van der Waals surface area contributed by atoms with Crippen LogP contribution in [0.25, 0.3) is 0 Å². The van der Waals surface area contributed by atoms with E-state index in [-0.39, 0.29) is 62.1 Å². The van der Waals surface area contributed by atoms with Crippen molar-refractivity contribution in [1.29, 1.82) is 0 Å². The average Bonchev–Trinajstić information content (AvgIpc) is 0.722. The Balaban J connectivity index is -0.0000000267. The third-order valence-electron chi connectivity index (χ3n) is 0. The number of hydrogen-bond acceptors (Lipinski definition) is 1. The van der Waals surface area contributed by atoms with Crippen LogP contribution in [0.3, 0.4) is 0 Å². The monoisotopic (exact) mass is 254 g/mol. The zero-order valence-electron chi connectivity index (χ0n) is 2.20. The van der Waals surface area contributed by atoms with Crippen LogP contribution in [-0.4, -0.2) is 76.7 Å². The molecule has 8 heteroatoms. The predicted octanol–water partition coefficient (Wildman–Crippen LogP) is -3.94. The first-order valence-corrected chi connectivity index (χ1v) is 2.35. The quantitative estimate of drug-likeness (QED) is 0.304. The van der Waals surface area contributed by atoms with E-state index in [0.717, 1.165) is 0 Å². The van der Waals surface area contributed by atoms with Crippen molar-refractivity contribution in [3.63, 3.8) is 0 Å². The van der Waals surface area contributed by atoms with E-state index in [1.807, 2.05) is 0 Å². The van der Waals surface area contributed by atoms with Gasteiger partial charge < -0.3 is 14.7 Å². The van der Waals surface area contributed by atoms with Gasteiger partial charge in [0.05, 0.1) is 0 Å². The first-order valence-electron chi connectivity index (χ1n) is 0.783. The van der Waals surface area contributed by atoms with Crippen LogP contribution in [0.4, 0.5) is 0 Å². The SMILES string of the molecule is O=P(O)(O)O.[AlH3].[InH3].[LiH]. The van der Waals surface area contributed by atoms with Crippen molar-refractivity contribution in [2.45, 2.75) is 0 Å². The van der Waals surface area contributed by atoms with Gasteiger partial charge in [-0.05, 0) is 0 Å². The van der Waals surface area contributed by atoms with Gasteiger partial charge in [0.15, 0.2) is 17.4 Å². The summed E-state index contributed by atoms with van der Waals surface area (Å²) in [6.07, 6.45) is 0. The Labute approximate surface area is 88.4 Å². The van der Waals surface area contributed by atoms with E-state index in [2.05, 4.69) is 0 Å². The number of rotatable bonds is 0. The van der Waals surface area contributed by atoms with E-state index in [1.165, 1.54) is 0 Å². The fraction of sp³-hybridized carbons (Fsp3) is 0. The Morgan fingerprint density at radius 3 is 1.12 bits per heavy atom. The third-order valence-corrected chi connectivity index (χ3v) is 0. The van der Waals surface area contributed by atoms with Crippen molar-refractivity contribution in [3.05, 3.63) is 0 Å². The van der Waals surface area contributed by atoms with Crippen LogP contribution in [0.2, 0.25) is 0 Å². The second-order valence-corrected chi connectivity index (χ2v) is 1.54. The summed E-state index contributed by atoms with van der Waals surface area (Å²) in [4.78, 5) is 21.6. The van der Waals surface area contributed by atoms with Crippen molar-refractivity contribution in [1.82, 2.24) is 0 Å². The summed E-state index contributed by atoms with van der Waals surface area (Å²) in [5, 5.41) is 0. The van der Waals surface area contributed by atoms with Crippen LogP contribution in [0.15, 0.2) is 0 Å². The Morgan fingerprint density at radius 2 is 1.12 bits per heavy atom. The summed E-state index contributed by atoms with van der Waals surface area (Å²) in [6.45, 7) is 0. The van der Waals surface area contributed by atoms with E-state index in [4.69, 9.17) is 19.2 Å². The van der Waals surface area contributed by atoms with Gasteiger partial charge in [-0.25, -0.2) is 4.57 Å². The molecule has 0 heterocycles. The molecule has 0 amide bonds. The van der Waals surface area contributed by atoms with Gasteiger partial charge in [-0.15, -0.1) is 0 Å². The van der Waals surface area contributed by atoms with Gasteiger partial charge in [0.1, 0.15) is 0 Å². The molecule has 0 atom stereocenters. The van der Waals surface area contributed by atoms with Crippen LogP contribution >= 0.6 is 7.82 Å². The molecule has 0 aliphatic heterocycles. The molecule has 0 aromatic heterocycles. The van der Waals surface area contributed by atoms with Gasteiger partial charge in [-0.2, -0.15) is 0 Å². The summed E-state index contributed by atoms with van der Waals surface area (Å²) in [5.41, 5.74) is 0. The minimum atomic E-state index is -4.64. The molecule has 0 unspecified atom stereocenters. The van der Waals surface area contributed by atoms with Crippen molar-refractivity contribution in [2.24, 2.45) is 0 Å². The molecule has 0 aliphatic carbocycles. The molecule has 0 fully saturated rings. The molecule has 0 saturated heterocycles. The molecule has 0 aliphatic rings. The Hall–Kier alpha value is 2.11. The molecule has 0 rings (SSSR count). The third kappa shape index (κ3) is 92.1. The van der Waals surface area contributed by atoms with E-state index in [1.54, 1.807) is 0 Å². The molecular formula is H10AlInLiO4P. The molecule has 0 aromatic rings. The van der Waals surface area contributed by atoms with Crippen molar-refractivity contribution in [2.75, 3.05) is 0 Å². The number of phosphoric acid groups is 1. The summed E-state index contributed by atoms with van der Waals surface area (Å²) >= 11 is 0.